The molecule has 4 aromatic rings. The van der Waals surface area contributed by atoms with Crippen molar-refractivity contribution in [1.82, 2.24) is 24.8 Å². The number of likely N-dealkylation sites (tertiary alicyclic amines) is 1. The lowest BCUT2D eigenvalue weighted by Crippen LogP contribution is -2.50. The number of likely N-dealkylation sites (N-methyl/N-ethyl adjacent to an activating group) is 1. The number of aromatic nitrogens is 3. The van der Waals surface area contributed by atoms with Crippen LogP contribution in [0.4, 0.5) is 14.6 Å². The number of phenols is 1. The number of carbonyl (C=O) groups excluding carboxylic acids is 1. The van der Waals surface area contributed by atoms with Gasteiger partial charge in [-0.05, 0) is 92.7 Å². The Morgan fingerprint density at radius 2 is 1.96 bits per heavy atom. The van der Waals surface area contributed by atoms with Gasteiger partial charge in [-0.2, -0.15) is 9.97 Å². The minimum Gasteiger partial charge on any atom is -0.508 e. The number of hydrogen-bond acceptors (Lipinski definition) is 10. The number of amides is 1. The van der Waals surface area contributed by atoms with E-state index in [1.165, 1.54) is 29.3 Å². The molecule has 2 unspecified atom stereocenters. The fraction of sp³-hybridized carbons (Fsp3) is 0.462. The number of ether oxygens (including phenoxy) is 1. The number of halogens is 2. The molecule has 3 N–H and O–H groups in total. The fourth-order valence-electron chi connectivity index (χ4n) is 8.51. The molecule has 2 atom stereocenters. The minimum atomic E-state index is -0.733. The van der Waals surface area contributed by atoms with Crippen LogP contribution >= 0.6 is 0 Å². The molecule has 274 valence electrons. The lowest BCUT2D eigenvalue weighted by atomic mass is 9.76. The molecule has 1 saturated heterocycles. The van der Waals surface area contributed by atoms with Crippen molar-refractivity contribution in [3.63, 3.8) is 0 Å². The highest BCUT2D eigenvalue weighted by molar-refractivity contribution is 6.06. The number of benzene rings is 2. The Bertz CT molecular complexity index is 2100. The van der Waals surface area contributed by atoms with Crippen LogP contribution in [-0.2, 0) is 11.2 Å². The van der Waals surface area contributed by atoms with Crippen molar-refractivity contribution in [2.45, 2.75) is 57.9 Å². The van der Waals surface area contributed by atoms with E-state index >= 15 is 8.78 Å². The summed E-state index contributed by atoms with van der Waals surface area (Å²) in [6.45, 7) is 4.58. The standard InChI is InChI=1S/C39H46F2N8O3/c1-5-26-29(40)11-10-23-17-25(50)19-27(32(23)26)34-33(41)35-28(20-44-34)36(49-16-8-14-43-24(21-49)18-30(42)37(51)47(2)3)46-38(45-35)52-22-39-12-6-9-31(39)48(4)15-7-13-39/h10-11,17-20,31,50H,5-9,12-16,21-22,42H2,1-4H3/b30-18-. The van der Waals surface area contributed by atoms with Gasteiger partial charge in [-0.1, -0.05) is 19.4 Å². The molecule has 1 amide bonds. The van der Waals surface area contributed by atoms with Gasteiger partial charge in [-0.3, -0.25) is 14.8 Å². The molecular formula is C39H46F2N8O3. The molecule has 1 saturated carbocycles. The molecule has 0 bridgehead atoms. The fourth-order valence-corrected chi connectivity index (χ4v) is 8.51. The van der Waals surface area contributed by atoms with E-state index in [1.54, 1.807) is 26.2 Å². The van der Waals surface area contributed by atoms with Crippen molar-refractivity contribution in [3.05, 3.63) is 59.4 Å². The Balaban J connectivity index is 1.36. The highest BCUT2D eigenvalue weighted by Gasteiger charge is 2.47. The predicted octanol–water partition coefficient (Wildman–Crippen LogP) is 5.62. The number of anilines is 1. The van der Waals surface area contributed by atoms with Crippen LogP contribution in [0.1, 0.15) is 51.0 Å². The monoisotopic (exact) mass is 712 g/mol. The molecule has 3 aliphatic rings. The van der Waals surface area contributed by atoms with E-state index in [0.29, 0.717) is 71.8 Å². The van der Waals surface area contributed by atoms with Gasteiger partial charge in [-0.15, -0.1) is 0 Å². The van der Waals surface area contributed by atoms with Crippen molar-refractivity contribution in [1.29, 1.82) is 0 Å². The summed E-state index contributed by atoms with van der Waals surface area (Å²) in [4.78, 5) is 37.2. The smallest absolute Gasteiger partial charge is 0.319 e. The van der Waals surface area contributed by atoms with Crippen molar-refractivity contribution < 1.29 is 23.4 Å². The highest BCUT2D eigenvalue weighted by atomic mass is 19.1. The zero-order valence-corrected chi connectivity index (χ0v) is 30.3. The van der Waals surface area contributed by atoms with Crippen LogP contribution in [0.3, 0.4) is 0 Å². The Labute approximate surface area is 302 Å². The van der Waals surface area contributed by atoms with Crippen LogP contribution in [0.15, 0.2) is 47.2 Å². The van der Waals surface area contributed by atoms with Gasteiger partial charge in [0.15, 0.2) is 5.82 Å². The first-order valence-electron chi connectivity index (χ1n) is 18.1. The SMILES string of the molecule is CCc1c(F)ccc2cc(O)cc(-c3ncc4c(N5CCCN=C(/C=C(\N)C(=O)N(C)C)C5)nc(OCC56CCCC5N(C)CCC6)nc4c3F)c12. The van der Waals surface area contributed by atoms with E-state index in [1.807, 2.05) is 11.8 Å². The number of nitrogens with zero attached hydrogens (tertiary/aromatic N) is 7. The maximum absolute atomic E-state index is 17.1. The van der Waals surface area contributed by atoms with Crippen LogP contribution in [0.2, 0.25) is 0 Å². The summed E-state index contributed by atoms with van der Waals surface area (Å²) in [7, 11) is 5.43. The number of pyridine rings is 1. The molecule has 2 fully saturated rings. The summed E-state index contributed by atoms with van der Waals surface area (Å²) >= 11 is 0. The summed E-state index contributed by atoms with van der Waals surface area (Å²) in [6.07, 6.45) is 9.51. The number of aromatic hydroxyl groups is 1. The maximum atomic E-state index is 17.1. The van der Waals surface area contributed by atoms with E-state index in [9.17, 15) is 9.90 Å². The average Bonchev–Trinajstić information content (AvgIpc) is 3.43. The minimum absolute atomic E-state index is 0.00208. The summed E-state index contributed by atoms with van der Waals surface area (Å²) in [6, 6.07) is 6.32. The third-order valence-corrected chi connectivity index (χ3v) is 11.0. The number of piperidine rings is 1. The Kier molecular flexibility index (Phi) is 9.73. The largest absolute Gasteiger partial charge is 0.508 e. The maximum Gasteiger partial charge on any atom is 0.319 e. The van der Waals surface area contributed by atoms with Crippen LogP contribution in [0, 0.1) is 17.0 Å². The van der Waals surface area contributed by atoms with Crippen LogP contribution in [-0.4, -0.2) is 101 Å². The molecule has 52 heavy (non-hydrogen) atoms. The second-order valence-corrected chi connectivity index (χ2v) is 14.6. The van der Waals surface area contributed by atoms with Crippen LogP contribution in [0.5, 0.6) is 11.8 Å². The second-order valence-electron chi connectivity index (χ2n) is 14.6. The van der Waals surface area contributed by atoms with Crippen molar-refractivity contribution in [2.75, 3.05) is 58.8 Å². The van der Waals surface area contributed by atoms with Gasteiger partial charge in [0.1, 0.15) is 28.6 Å². The molecular weight excluding hydrogens is 666 g/mol. The number of nitrogens with two attached hydrogens (primary N) is 1. The average molecular weight is 713 g/mol. The zero-order chi connectivity index (χ0) is 36.7. The van der Waals surface area contributed by atoms with Gasteiger partial charge < -0.3 is 30.3 Å². The predicted molar refractivity (Wildman–Crippen MR) is 199 cm³/mol. The van der Waals surface area contributed by atoms with E-state index < -0.39 is 11.6 Å². The molecule has 4 heterocycles. The molecule has 0 spiro atoms. The van der Waals surface area contributed by atoms with Gasteiger partial charge in [0.2, 0.25) is 0 Å². The van der Waals surface area contributed by atoms with E-state index in [2.05, 4.69) is 26.9 Å². The molecule has 11 nitrogen and oxygen atoms in total. The topological polar surface area (TPSA) is 133 Å². The molecule has 0 radical (unpaired) electrons. The zero-order valence-electron chi connectivity index (χ0n) is 30.3. The number of rotatable bonds is 8. The second kappa shape index (κ2) is 14.3. The van der Waals surface area contributed by atoms with Crippen molar-refractivity contribution in [3.8, 4) is 23.0 Å². The van der Waals surface area contributed by atoms with Crippen LogP contribution in [0.25, 0.3) is 32.9 Å². The molecule has 2 aliphatic heterocycles. The van der Waals surface area contributed by atoms with Crippen LogP contribution < -0.4 is 15.4 Å². The third kappa shape index (κ3) is 6.50. The summed E-state index contributed by atoms with van der Waals surface area (Å²) in [5.41, 5.74) is 7.36. The van der Waals surface area contributed by atoms with Gasteiger partial charge in [-0.25, -0.2) is 8.78 Å². The quantitative estimate of drug-likeness (QED) is 0.224. The Morgan fingerprint density at radius 3 is 2.75 bits per heavy atom. The first-order valence-corrected chi connectivity index (χ1v) is 18.1. The molecule has 7 rings (SSSR count). The molecule has 2 aromatic carbocycles. The van der Waals surface area contributed by atoms with Gasteiger partial charge in [0.05, 0.1) is 29.9 Å². The molecule has 2 aromatic heterocycles. The molecule has 1 aliphatic carbocycles. The number of aliphatic imine (C=N–C) groups is 1. The number of carbonyl (C=O) groups is 1. The lowest BCUT2D eigenvalue weighted by Gasteiger charge is -2.44. The summed E-state index contributed by atoms with van der Waals surface area (Å²) < 4.78 is 38.7. The number of fused-ring (bicyclic) bond motifs is 3. The Hall–Kier alpha value is -4.91. The summed E-state index contributed by atoms with van der Waals surface area (Å²) in [5, 5.41) is 12.1. The lowest BCUT2D eigenvalue weighted by molar-refractivity contribution is -0.124. The number of aryl methyl sites for hydroxylation is 1. The first kappa shape index (κ1) is 35.5. The highest BCUT2D eigenvalue weighted by Crippen LogP contribution is 2.47. The number of phenolic OH excluding ortho intramolecular Hbond substituents is 1. The number of hydrogen-bond donors (Lipinski definition) is 2. The Morgan fingerprint density at radius 1 is 1.15 bits per heavy atom. The van der Waals surface area contributed by atoms with E-state index in [0.717, 1.165) is 38.6 Å². The van der Waals surface area contributed by atoms with E-state index in [-0.39, 0.29) is 52.1 Å². The van der Waals surface area contributed by atoms with Gasteiger partial charge in [0.25, 0.3) is 5.91 Å². The van der Waals surface area contributed by atoms with E-state index in [4.69, 9.17) is 15.5 Å². The third-order valence-electron chi connectivity index (χ3n) is 11.0. The normalized spacial score (nSPS) is 21.3. The first-order chi connectivity index (χ1) is 25.0. The summed E-state index contributed by atoms with van der Waals surface area (Å²) in [5.74, 6) is -1.15. The molecule has 13 heteroatoms. The van der Waals surface area contributed by atoms with Gasteiger partial charge in [0, 0.05) is 50.4 Å². The van der Waals surface area contributed by atoms with Crippen molar-refractivity contribution in [2.24, 2.45) is 16.1 Å². The van der Waals surface area contributed by atoms with Gasteiger partial charge >= 0.3 is 6.01 Å². The van der Waals surface area contributed by atoms with Crippen molar-refractivity contribution >= 4 is 39.1 Å².